The van der Waals surface area contributed by atoms with E-state index in [1.807, 2.05) is 11.3 Å². The molecule has 1 aliphatic carbocycles. The van der Waals surface area contributed by atoms with Crippen LogP contribution >= 0.6 is 11.3 Å². The Kier molecular flexibility index (Phi) is 7.20. The number of aromatic nitrogens is 2. The van der Waals surface area contributed by atoms with E-state index in [9.17, 15) is 0 Å². The Morgan fingerprint density at radius 2 is 1.02 bits per heavy atom. The first-order valence-electron chi connectivity index (χ1n) is 18.8. The number of nitrogens with zero attached hydrogens (tertiary/aromatic N) is 2. The average molecular weight is 719 g/mol. The summed E-state index contributed by atoms with van der Waals surface area (Å²) >= 11 is 1.85. The molecular weight excluding hydrogens is 685 g/mol. The Morgan fingerprint density at radius 3 is 1.91 bits per heavy atom. The van der Waals surface area contributed by atoms with Crippen molar-refractivity contribution >= 4 is 42.3 Å². The van der Waals surface area contributed by atoms with Crippen molar-refractivity contribution in [3.05, 3.63) is 205 Å². The second-order valence-electron chi connectivity index (χ2n) is 14.7. The lowest BCUT2D eigenvalue weighted by Gasteiger charge is -2.28. The van der Waals surface area contributed by atoms with Gasteiger partial charge in [0, 0.05) is 42.3 Å². The van der Waals surface area contributed by atoms with E-state index in [0.29, 0.717) is 0 Å². The lowest BCUT2D eigenvalue weighted by Crippen LogP contribution is -2.22. The van der Waals surface area contributed by atoms with Gasteiger partial charge in [-0.05, 0) is 93.0 Å². The van der Waals surface area contributed by atoms with Gasteiger partial charge in [-0.25, -0.2) is 9.97 Å². The highest BCUT2D eigenvalue weighted by atomic mass is 32.1. The zero-order valence-electron chi connectivity index (χ0n) is 30.2. The van der Waals surface area contributed by atoms with Crippen molar-refractivity contribution in [3.63, 3.8) is 0 Å². The summed E-state index contributed by atoms with van der Waals surface area (Å²) in [6.45, 7) is 2.37. The largest absolute Gasteiger partial charge is 0.228 e. The van der Waals surface area contributed by atoms with Gasteiger partial charge in [-0.3, -0.25) is 0 Å². The Hall–Kier alpha value is -6.68. The first kappa shape index (κ1) is 31.8. The molecule has 8 aromatic carbocycles. The molecule has 0 saturated carbocycles. The summed E-state index contributed by atoms with van der Waals surface area (Å²) in [5.74, 6) is 0.718. The van der Waals surface area contributed by atoms with Crippen LogP contribution in [0.25, 0.3) is 87.1 Å². The van der Waals surface area contributed by atoms with Gasteiger partial charge in [0.2, 0.25) is 0 Å². The Bertz CT molecular complexity index is 3120. The van der Waals surface area contributed by atoms with Crippen LogP contribution in [-0.2, 0) is 5.41 Å². The van der Waals surface area contributed by atoms with Crippen LogP contribution in [0.15, 0.2) is 188 Å². The normalized spacial score (nSPS) is 14.7. The number of benzene rings is 8. The minimum atomic E-state index is -0.305. The second kappa shape index (κ2) is 12.4. The van der Waals surface area contributed by atoms with E-state index in [0.717, 1.165) is 44.9 Å². The maximum Gasteiger partial charge on any atom is 0.161 e. The van der Waals surface area contributed by atoms with Gasteiger partial charge in [0.15, 0.2) is 5.82 Å². The van der Waals surface area contributed by atoms with Gasteiger partial charge in [-0.1, -0.05) is 152 Å². The molecule has 258 valence electrons. The van der Waals surface area contributed by atoms with E-state index in [2.05, 4.69) is 195 Å². The van der Waals surface area contributed by atoms with E-state index in [1.165, 1.54) is 58.9 Å². The molecule has 2 heterocycles. The van der Waals surface area contributed by atoms with Gasteiger partial charge < -0.3 is 0 Å². The third-order valence-corrected chi connectivity index (χ3v) is 12.7. The number of rotatable bonds is 5. The van der Waals surface area contributed by atoms with Gasteiger partial charge in [-0.15, -0.1) is 11.3 Å². The predicted octanol–water partition coefficient (Wildman–Crippen LogP) is 14.0. The molecule has 0 bridgehead atoms. The summed E-state index contributed by atoms with van der Waals surface area (Å²) in [7, 11) is 0. The summed E-state index contributed by atoms with van der Waals surface area (Å²) in [5.41, 5.74) is 13.5. The lowest BCUT2D eigenvalue weighted by molar-refractivity contribution is 0.714. The molecule has 1 unspecified atom stereocenters. The van der Waals surface area contributed by atoms with Crippen LogP contribution in [-0.4, -0.2) is 9.97 Å². The smallest absolute Gasteiger partial charge is 0.161 e. The molecule has 2 aromatic heterocycles. The van der Waals surface area contributed by atoms with E-state index < -0.39 is 0 Å². The molecule has 3 heteroatoms. The molecule has 0 fully saturated rings. The minimum Gasteiger partial charge on any atom is -0.228 e. The van der Waals surface area contributed by atoms with E-state index >= 15 is 0 Å². The fourth-order valence-electron chi connectivity index (χ4n) is 8.78. The first-order chi connectivity index (χ1) is 27.1. The van der Waals surface area contributed by atoms with Gasteiger partial charge in [0.1, 0.15) is 0 Å². The molecule has 55 heavy (non-hydrogen) atoms. The SMILES string of the molecule is CC1(c2ccccc2)c2ccccc2-c2ccc(-c3cc(-c4cccc(-c5ccc6sc7ccccc7c6c5)c4)nc(-c4cccc5ccccc45)n3)cc21. The summed E-state index contributed by atoms with van der Waals surface area (Å²) in [6.07, 6.45) is 0. The number of hydrogen-bond donors (Lipinski definition) is 0. The molecule has 1 atom stereocenters. The zero-order valence-corrected chi connectivity index (χ0v) is 31.0. The Morgan fingerprint density at radius 1 is 0.400 bits per heavy atom. The first-order valence-corrected chi connectivity index (χ1v) is 19.6. The summed E-state index contributed by atoms with van der Waals surface area (Å²) in [4.78, 5) is 10.7. The number of thiophene rings is 1. The summed E-state index contributed by atoms with van der Waals surface area (Å²) < 4.78 is 2.62. The number of fused-ring (bicyclic) bond motifs is 7. The van der Waals surface area contributed by atoms with Crippen molar-refractivity contribution in [3.8, 4) is 56.2 Å². The van der Waals surface area contributed by atoms with Gasteiger partial charge in [0.25, 0.3) is 0 Å². The highest BCUT2D eigenvalue weighted by molar-refractivity contribution is 7.25. The molecule has 0 saturated heterocycles. The van der Waals surface area contributed by atoms with Crippen LogP contribution < -0.4 is 0 Å². The van der Waals surface area contributed by atoms with E-state index in [-0.39, 0.29) is 5.41 Å². The highest BCUT2D eigenvalue weighted by Crippen LogP contribution is 2.53. The minimum absolute atomic E-state index is 0.305. The van der Waals surface area contributed by atoms with Crippen LogP contribution in [0.5, 0.6) is 0 Å². The van der Waals surface area contributed by atoms with E-state index in [1.54, 1.807) is 0 Å². The Labute approximate surface area is 324 Å². The molecule has 0 aliphatic heterocycles. The standard InChI is InChI=1S/C52H34N2S/c1-52(38-17-3-2-4-18-38)45-23-9-7-20-40(45)41-27-25-37(31-46(41)52)48-32-47(53-51(54-48)43-22-12-14-33-13-5-6-19-39(33)43)36-16-11-15-34(29-36)35-26-28-50-44(30-35)42-21-8-10-24-49(42)55-50/h2-32H,1H3. The molecular formula is C52H34N2S. The maximum absolute atomic E-state index is 5.37. The van der Waals surface area contributed by atoms with Crippen LogP contribution in [0.1, 0.15) is 23.6 Å². The van der Waals surface area contributed by atoms with Crippen LogP contribution in [0.2, 0.25) is 0 Å². The molecule has 0 N–H and O–H groups in total. The fourth-order valence-corrected chi connectivity index (χ4v) is 9.87. The van der Waals surface area contributed by atoms with Crippen LogP contribution in [0.4, 0.5) is 0 Å². The van der Waals surface area contributed by atoms with Crippen LogP contribution in [0, 0.1) is 0 Å². The third kappa shape index (κ3) is 5.08. The van der Waals surface area contributed by atoms with Crippen LogP contribution in [0.3, 0.4) is 0 Å². The average Bonchev–Trinajstić information content (AvgIpc) is 3.76. The molecule has 0 radical (unpaired) electrons. The lowest BCUT2D eigenvalue weighted by atomic mass is 9.74. The second-order valence-corrected chi connectivity index (χ2v) is 15.8. The number of hydrogen-bond acceptors (Lipinski definition) is 3. The molecule has 0 amide bonds. The van der Waals surface area contributed by atoms with Gasteiger partial charge in [-0.2, -0.15) is 0 Å². The van der Waals surface area contributed by atoms with Crippen molar-refractivity contribution in [2.75, 3.05) is 0 Å². The molecule has 10 aromatic rings. The molecule has 0 spiro atoms. The monoisotopic (exact) mass is 718 g/mol. The molecule has 11 rings (SSSR count). The van der Waals surface area contributed by atoms with Crippen molar-refractivity contribution < 1.29 is 0 Å². The zero-order chi connectivity index (χ0) is 36.5. The predicted molar refractivity (Wildman–Crippen MR) is 232 cm³/mol. The third-order valence-electron chi connectivity index (χ3n) is 11.6. The van der Waals surface area contributed by atoms with Crippen molar-refractivity contribution in [2.45, 2.75) is 12.3 Å². The van der Waals surface area contributed by atoms with Crippen molar-refractivity contribution in [1.29, 1.82) is 0 Å². The van der Waals surface area contributed by atoms with Crippen molar-refractivity contribution in [2.24, 2.45) is 0 Å². The quantitative estimate of drug-likeness (QED) is 0.177. The highest BCUT2D eigenvalue weighted by Gasteiger charge is 2.40. The molecule has 1 aliphatic rings. The summed E-state index contributed by atoms with van der Waals surface area (Å²) in [5, 5.41) is 4.91. The van der Waals surface area contributed by atoms with Crippen molar-refractivity contribution in [1.82, 2.24) is 9.97 Å². The maximum atomic E-state index is 5.37. The van der Waals surface area contributed by atoms with Gasteiger partial charge in [0.05, 0.1) is 11.4 Å². The van der Waals surface area contributed by atoms with Gasteiger partial charge >= 0.3 is 0 Å². The Balaban J connectivity index is 1.10. The summed E-state index contributed by atoms with van der Waals surface area (Å²) in [6, 6.07) is 68.1. The topological polar surface area (TPSA) is 25.8 Å². The fraction of sp³-hybridized carbons (Fsp3) is 0.0385. The molecule has 2 nitrogen and oxygen atoms in total. The van der Waals surface area contributed by atoms with E-state index in [4.69, 9.17) is 9.97 Å².